The highest BCUT2D eigenvalue weighted by molar-refractivity contribution is 5.98. The van der Waals surface area contributed by atoms with Crippen LogP contribution in [0.15, 0.2) is 36.7 Å². The van der Waals surface area contributed by atoms with Gasteiger partial charge in [-0.05, 0) is 62.6 Å². The second-order valence-electron chi connectivity index (χ2n) is 8.74. The van der Waals surface area contributed by atoms with Gasteiger partial charge in [0.2, 0.25) is 0 Å². The summed E-state index contributed by atoms with van der Waals surface area (Å²) < 4.78 is 12.9. The highest BCUT2D eigenvalue weighted by Gasteiger charge is 2.43. The van der Waals surface area contributed by atoms with Crippen LogP contribution in [0.5, 0.6) is 5.75 Å². The lowest BCUT2D eigenvalue weighted by atomic mass is 9.82. The van der Waals surface area contributed by atoms with E-state index in [0.29, 0.717) is 29.3 Å². The van der Waals surface area contributed by atoms with Crippen molar-refractivity contribution in [1.82, 2.24) is 19.7 Å². The molecule has 2 fully saturated rings. The van der Waals surface area contributed by atoms with Crippen molar-refractivity contribution >= 4 is 11.6 Å². The van der Waals surface area contributed by atoms with E-state index in [1.807, 2.05) is 41.7 Å². The number of carbonyl (C=O) groups excluding carboxylic acids is 1. The van der Waals surface area contributed by atoms with Crippen LogP contribution in [0.3, 0.4) is 0 Å². The van der Waals surface area contributed by atoms with Crippen molar-refractivity contribution in [1.29, 1.82) is 0 Å². The summed E-state index contributed by atoms with van der Waals surface area (Å²) in [6, 6.07) is 9.92. The molecule has 31 heavy (non-hydrogen) atoms. The summed E-state index contributed by atoms with van der Waals surface area (Å²) in [5.74, 6) is 1.68. The highest BCUT2D eigenvalue weighted by Crippen LogP contribution is 2.43. The Labute approximate surface area is 181 Å². The molecule has 0 spiro atoms. The standard InChI is InChI=1S/C24H28N4O3/c1-14-9-20(15-5-4-6-19(12-15)30-2)27-23-21(25-13-28(14)23)24(29)26-18-10-16-7-8-17(11-18)22(16)31-3/h4-6,9,12-13,16-18,22H,7-8,10-11H2,1-3H3,(H,26,29)/t16-,17+,18?,22?. The van der Waals surface area contributed by atoms with Gasteiger partial charge in [0.1, 0.15) is 12.1 Å². The van der Waals surface area contributed by atoms with Crippen molar-refractivity contribution < 1.29 is 14.3 Å². The van der Waals surface area contributed by atoms with Crippen LogP contribution in [0.1, 0.15) is 41.9 Å². The average Bonchev–Trinajstić information content (AvgIpc) is 3.32. The Balaban J connectivity index is 1.42. The van der Waals surface area contributed by atoms with Gasteiger partial charge in [-0.2, -0.15) is 0 Å². The number of ether oxygens (including phenoxy) is 2. The van der Waals surface area contributed by atoms with Gasteiger partial charge in [0.25, 0.3) is 5.91 Å². The average molecular weight is 421 g/mol. The smallest absolute Gasteiger partial charge is 0.274 e. The first kappa shape index (κ1) is 20.0. The lowest BCUT2D eigenvalue weighted by Gasteiger charge is -2.34. The fraction of sp³-hybridized carbons (Fsp3) is 0.458. The van der Waals surface area contributed by atoms with Crippen LogP contribution in [0, 0.1) is 18.8 Å². The van der Waals surface area contributed by atoms with Crippen LogP contribution in [0.25, 0.3) is 16.9 Å². The zero-order chi connectivity index (χ0) is 21.5. The van der Waals surface area contributed by atoms with Crippen molar-refractivity contribution in [2.75, 3.05) is 14.2 Å². The molecule has 2 saturated carbocycles. The zero-order valence-corrected chi connectivity index (χ0v) is 18.2. The van der Waals surface area contributed by atoms with E-state index in [1.165, 1.54) is 12.8 Å². The number of hydrogen-bond acceptors (Lipinski definition) is 5. The summed E-state index contributed by atoms with van der Waals surface area (Å²) in [5, 5.41) is 3.23. The summed E-state index contributed by atoms with van der Waals surface area (Å²) in [5.41, 5.74) is 3.63. The van der Waals surface area contributed by atoms with Gasteiger partial charge in [-0.3, -0.25) is 9.20 Å². The molecule has 2 bridgehead atoms. The van der Waals surface area contributed by atoms with Crippen LogP contribution in [-0.2, 0) is 4.74 Å². The maximum Gasteiger partial charge on any atom is 0.274 e. The number of benzene rings is 1. The van der Waals surface area contributed by atoms with Crippen molar-refractivity contribution in [3.05, 3.63) is 48.0 Å². The number of carbonyl (C=O) groups is 1. The molecule has 0 saturated heterocycles. The minimum Gasteiger partial charge on any atom is -0.497 e. The molecule has 5 rings (SSSR count). The topological polar surface area (TPSA) is 77.8 Å². The van der Waals surface area contributed by atoms with Crippen molar-refractivity contribution in [3.8, 4) is 17.0 Å². The van der Waals surface area contributed by atoms with Crippen molar-refractivity contribution in [3.63, 3.8) is 0 Å². The Morgan fingerprint density at radius 3 is 2.65 bits per heavy atom. The first-order chi connectivity index (χ1) is 15.1. The number of amides is 1. The number of fused-ring (bicyclic) bond motifs is 3. The normalized spacial score (nSPS) is 25.0. The van der Waals surface area contributed by atoms with Crippen LogP contribution >= 0.6 is 0 Å². The predicted octanol–water partition coefficient (Wildman–Crippen LogP) is 3.65. The number of nitrogens with zero attached hydrogens (tertiary/aromatic N) is 3. The Morgan fingerprint density at radius 1 is 1.16 bits per heavy atom. The number of hydrogen-bond donors (Lipinski definition) is 1. The molecule has 2 aliphatic rings. The monoisotopic (exact) mass is 420 g/mol. The van der Waals surface area contributed by atoms with E-state index in [0.717, 1.165) is 35.5 Å². The molecule has 0 aliphatic heterocycles. The Morgan fingerprint density at radius 2 is 1.94 bits per heavy atom. The predicted molar refractivity (Wildman–Crippen MR) is 117 cm³/mol. The molecule has 7 nitrogen and oxygen atoms in total. The molecule has 2 aliphatic carbocycles. The van der Waals surface area contributed by atoms with E-state index in [-0.39, 0.29) is 11.9 Å². The van der Waals surface area contributed by atoms with E-state index in [1.54, 1.807) is 20.5 Å². The summed E-state index contributed by atoms with van der Waals surface area (Å²) in [4.78, 5) is 22.4. The maximum absolute atomic E-state index is 13.2. The molecule has 4 atom stereocenters. The number of methoxy groups -OCH3 is 2. The third kappa shape index (κ3) is 3.57. The van der Waals surface area contributed by atoms with Gasteiger partial charge in [0.05, 0.1) is 18.9 Å². The van der Waals surface area contributed by atoms with E-state index < -0.39 is 0 Å². The van der Waals surface area contributed by atoms with Gasteiger partial charge in [-0.25, -0.2) is 9.97 Å². The van der Waals surface area contributed by atoms with E-state index >= 15 is 0 Å². The zero-order valence-electron chi connectivity index (χ0n) is 18.2. The highest BCUT2D eigenvalue weighted by atomic mass is 16.5. The lowest BCUT2D eigenvalue weighted by Crippen LogP contribution is -2.44. The molecule has 1 amide bonds. The SMILES string of the molecule is COc1cccc(-c2cc(C)n3cnc(C(=O)NC4C[C@H]5CC[C@@H](C4)C5OC)c3n2)c1. The second-order valence-corrected chi connectivity index (χ2v) is 8.74. The number of aromatic nitrogens is 3. The quantitative estimate of drug-likeness (QED) is 0.682. The van der Waals surface area contributed by atoms with Gasteiger partial charge in [0.15, 0.2) is 11.3 Å². The fourth-order valence-electron chi connectivity index (χ4n) is 5.44. The number of nitrogens with one attached hydrogen (secondary N) is 1. The molecule has 162 valence electrons. The third-order valence-electron chi connectivity index (χ3n) is 6.89. The lowest BCUT2D eigenvalue weighted by molar-refractivity contribution is 0.00603. The summed E-state index contributed by atoms with van der Waals surface area (Å²) in [6.45, 7) is 1.99. The molecule has 1 aromatic carbocycles. The van der Waals surface area contributed by atoms with Gasteiger partial charge in [-0.1, -0.05) is 12.1 Å². The Bertz CT molecular complexity index is 1110. The fourth-order valence-corrected chi connectivity index (χ4v) is 5.44. The van der Waals surface area contributed by atoms with Gasteiger partial charge in [-0.15, -0.1) is 0 Å². The molecular weight excluding hydrogens is 392 g/mol. The van der Waals surface area contributed by atoms with Gasteiger partial charge >= 0.3 is 0 Å². The number of imidazole rings is 1. The van der Waals surface area contributed by atoms with E-state index in [2.05, 4.69) is 10.3 Å². The van der Waals surface area contributed by atoms with Gasteiger partial charge < -0.3 is 14.8 Å². The largest absolute Gasteiger partial charge is 0.497 e. The third-order valence-corrected chi connectivity index (χ3v) is 6.89. The molecule has 2 unspecified atom stereocenters. The summed E-state index contributed by atoms with van der Waals surface area (Å²) >= 11 is 0. The molecule has 7 heteroatoms. The second kappa shape index (κ2) is 7.96. The Hall–Kier alpha value is -2.93. The number of aryl methyl sites for hydroxylation is 1. The van der Waals surface area contributed by atoms with Crippen LogP contribution in [0.4, 0.5) is 0 Å². The van der Waals surface area contributed by atoms with Crippen molar-refractivity contribution in [2.24, 2.45) is 11.8 Å². The molecule has 2 heterocycles. The molecule has 0 radical (unpaired) electrons. The van der Waals surface area contributed by atoms with Crippen molar-refractivity contribution in [2.45, 2.75) is 44.8 Å². The molecule has 1 N–H and O–H groups in total. The van der Waals surface area contributed by atoms with Crippen LogP contribution < -0.4 is 10.1 Å². The van der Waals surface area contributed by atoms with Crippen LogP contribution in [-0.4, -0.2) is 46.6 Å². The molecule has 2 aromatic heterocycles. The van der Waals surface area contributed by atoms with Crippen LogP contribution in [0.2, 0.25) is 0 Å². The van der Waals surface area contributed by atoms with E-state index in [9.17, 15) is 4.79 Å². The molecule has 3 aromatic rings. The Kier molecular flexibility index (Phi) is 5.14. The minimum atomic E-state index is -0.155. The first-order valence-corrected chi connectivity index (χ1v) is 10.9. The summed E-state index contributed by atoms with van der Waals surface area (Å²) in [6.07, 6.45) is 6.33. The first-order valence-electron chi connectivity index (χ1n) is 10.9. The molecular formula is C24H28N4O3. The summed E-state index contributed by atoms with van der Waals surface area (Å²) in [7, 11) is 3.45. The van der Waals surface area contributed by atoms with Gasteiger partial charge in [0, 0.05) is 24.4 Å². The number of rotatable bonds is 5. The van der Waals surface area contributed by atoms with E-state index in [4.69, 9.17) is 14.5 Å². The maximum atomic E-state index is 13.2. The minimum absolute atomic E-state index is 0.155.